The maximum absolute atomic E-state index is 9.92. The van der Waals surface area contributed by atoms with Crippen molar-refractivity contribution in [3.8, 4) is 0 Å². The molecule has 0 aliphatic carbocycles. The molecule has 4 N–H and O–H groups in total. The maximum atomic E-state index is 9.92. The van der Waals surface area contributed by atoms with Gasteiger partial charge in [-0.05, 0) is 38.8 Å². The van der Waals surface area contributed by atoms with Crippen LogP contribution in [0.2, 0.25) is 0 Å². The van der Waals surface area contributed by atoms with Crippen molar-refractivity contribution in [2.75, 3.05) is 0 Å². The van der Waals surface area contributed by atoms with Gasteiger partial charge in [0, 0.05) is 0 Å². The van der Waals surface area contributed by atoms with Crippen LogP contribution in [0.4, 0.5) is 0 Å². The van der Waals surface area contributed by atoms with Crippen molar-refractivity contribution in [1.29, 1.82) is 0 Å². The minimum Gasteiger partial charge on any atom is -0.412 e. The first-order valence-corrected chi connectivity index (χ1v) is 4.77. The fourth-order valence-electron chi connectivity index (χ4n) is 1.55. The predicted molar refractivity (Wildman–Crippen MR) is 60.5 cm³/mol. The van der Waals surface area contributed by atoms with E-state index in [1.165, 1.54) is 0 Å². The highest BCUT2D eigenvalue weighted by Gasteiger charge is 2.26. The van der Waals surface area contributed by atoms with Crippen LogP contribution in [-0.4, -0.2) is 15.7 Å². The van der Waals surface area contributed by atoms with Crippen LogP contribution in [-0.2, 0) is 11.2 Å². The SMILES string of the molecule is CC(C)(O)c1ccccc1C(C)(C)O.O. The van der Waals surface area contributed by atoms with E-state index < -0.39 is 11.2 Å². The Labute approximate surface area is 90.7 Å². The first-order valence-electron chi connectivity index (χ1n) is 4.77. The summed E-state index contributed by atoms with van der Waals surface area (Å²) < 4.78 is 0. The van der Waals surface area contributed by atoms with Crippen LogP contribution in [0, 0.1) is 0 Å². The van der Waals surface area contributed by atoms with Gasteiger partial charge in [-0.1, -0.05) is 24.3 Å². The van der Waals surface area contributed by atoms with E-state index in [0.717, 1.165) is 11.1 Å². The lowest BCUT2D eigenvalue weighted by molar-refractivity contribution is 0.0524. The number of aliphatic hydroxyl groups is 2. The predicted octanol–water partition coefficient (Wildman–Crippen LogP) is 1.32. The van der Waals surface area contributed by atoms with E-state index in [0.29, 0.717) is 0 Å². The molecule has 86 valence electrons. The van der Waals surface area contributed by atoms with E-state index in [2.05, 4.69) is 0 Å². The van der Waals surface area contributed by atoms with E-state index in [1.807, 2.05) is 24.3 Å². The molecule has 0 aliphatic heterocycles. The summed E-state index contributed by atoms with van der Waals surface area (Å²) in [5.41, 5.74) is -0.298. The largest absolute Gasteiger partial charge is 0.412 e. The third kappa shape index (κ3) is 3.30. The first kappa shape index (κ1) is 14.1. The Hall–Kier alpha value is -0.900. The van der Waals surface area contributed by atoms with E-state index in [9.17, 15) is 10.2 Å². The zero-order valence-corrected chi connectivity index (χ0v) is 9.70. The second-order valence-corrected chi connectivity index (χ2v) is 4.66. The average molecular weight is 212 g/mol. The molecule has 3 nitrogen and oxygen atoms in total. The highest BCUT2D eigenvalue weighted by atomic mass is 16.3. The standard InChI is InChI=1S/C12H18O2.H2O/c1-11(2,13)9-7-5-6-8-10(9)12(3,4)14;/h5-8,13-14H,1-4H3;1H2. The summed E-state index contributed by atoms with van der Waals surface area (Å²) in [6.45, 7) is 6.88. The van der Waals surface area contributed by atoms with Crippen molar-refractivity contribution in [1.82, 2.24) is 0 Å². The third-order valence-electron chi connectivity index (χ3n) is 2.25. The summed E-state index contributed by atoms with van der Waals surface area (Å²) in [7, 11) is 0. The summed E-state index contributed by atoms with van der Waals surface area (Å²) in [6.07, 6.45) is 0. The average Bonchev–Trinajstić information content (AvgIpc) is 2.01. The topological polar surface area (TPSA) is 72.0 Å². The molecule has 0 spiro atoms. The summed E-state index contributed by atoms with van der Waals surface area (Å²) >= 11 is 0. The second kappa shape index (κ2) is 4.31. The molecule has 0 atom stereocenters. The van der Waals surface area contributed by atoms with Crippen LogP contribution < -0.4 is 0 Å². The third-order valence-corrected chi connectivity index (χ3v) is 2.25. The normalized spacial score (nSPS) is 12.1. The Kier molecular flexibility index (Phi) is 4.05. The monoisotopic (exact) mass is 212 g/mol. The van der Waals surface area contributed by atoms with E-state index in [-0.39, 0.29) is 5.48 Å². The zero-order chi connectivity index (χ0) is 11.0. The molecule has 0 aliphatic rings. The summed E-state index contributed by atoms with van der Waals surface area (Å²) in [5.74, 6) is 0. The van der Waals surface area contributed by atoms with Gasteiger partial charge in [-0.3, -0.25) is 0 Å². The van der Waals surface area contributed by atoms with Gasteiger partial charge in [-0.15, -0.1) is 0 Å². The lowest BCUT2D eigenvalue weighted by atomic mass is 9.86. The summed E-state index contributed by atoms with van der Waals surface area (Å²) in [6, 6.07) is 7.41. The van der Waals surface area contributed by atoms with Crippen molar-refractivity contribution in [2.45, 2.75) is 38.9 Å². The van der Waals surface area contributed by atoms with Gasteiger partial charge in [0.2, 0.25) is 0 Å². The molecule has 3 heteroatoms. The molecule has 0 heterocycles. The van der Waals surface area contributed by atoms with Gasteiger partial charge < -0.3 is 15.7 Å². The summed E-state index contributed by atoms with van der Waals surface area (Å²) in [5, 5.41) is 19.8. The fourth-order valence-corrected chi connectivity index (χ4v) is 1.55. The molecule has 0 unspecified atom stereocenters. The van der Waals surface area contributed by atoms with Gasteiger partial charge in [0.1, 0.15) is 0 Å². The Bertz CT molecular complexity index is 285. The smallest absolute Gasteiger partial charge is 0.0844 e. The van der Waals surface area contributed by atoms with Crippen LogP contribution in [0.3, 0.4) is 0 Å². The van der Waals surface area contributed by atoms with Crippen LogP contribution in [0.5, 0.6) is 0 Å². The molecule has 0 amide bonds. The highest BCUT2D eigenvalue weighted by Crippen LogP contribution is 2.30. The lowest BCUT2D eigenvalue weighted by Gasteiger charge is -2.27. The van der Waals surface area contributed by atoms with Crippen molar-refractivity contribution in [3.05, 3.63) is 35.4 Å². The lowest BCUT2D eigenvalue weighted by Crippen LogP contribution is -2.25. The van der Waals surface area contributed by atoms with Crippen LogP contribution in [0.25, 0.3) is 0 Å². The minimum atomic E-state index is -0.920. The fraction of sp³-hybridized carbons (Fsp3) is 0.500. The minimum absolute atomic E-state index is 0. The van der Waals surface area contributed by atoms with Gasteiger partial charge in [0.25, 0.3) is 0 Å². The number of benzene rings is 1. The van der Waals surface area contributed by atoms with Crippen molar-refractivity contribution < 1.29 is 15.7 Å². The molecule has 1 rings (SSSR count). The van der Waals surface area contributed by atoms with Crippen LogP contribution in [0.1, 0.15) is 38.8 Å². The zero-order valence-electron chi connectivity index (χ0n) is 9.70. The Morgan fingerprint density at radius 1 is 0.800 bits per heavy atom. The first-order chi connectivity index (χ1) is 6.23. The van der Waals surface area contributed by atoms with Gasteiger partial charge in [0.05, 0.1) is 11.2 Å². The van der Waals surface area contributed by atoms with E-state index in [1.54, 1.807) is 27.7 Å². The van der Waals surface area contributed by atoms with E-state index >= 15 is 0 Å². The highest BCUT2D eigenvalue weighted by molar-refractivity contribution is 5.35. The maximum Gasteiger partial charge on any atom is 0.0844 e. The van der Waals surface area contributed by atoms with Gasteiger partial charge in [-0.25, -0.2) is 0 Å². The number of rotatable bonds is 2. The molecular weight excluding hydrogens is 192 g/mol. The van der Waals surface area contributed by atoms with Gasteiger partial charge >= 0.3 is 0 Å². The summed E-state index contributed by atoms with van der Waals surface area (Å²) in [4.78, 5) is 0. The van der Waals surface area contributed by atoms with Gasteiger partial charge in [-0.2, -0.15) is 0 Å². The Morgan fingerprint density at radius 2 is 1.07 bits per heavy atom. The Morgan fingerprint density at radius 3 is 1.27 bits per heavy atom. The number of hydrogen-bond donors (Lipinski definition) is 2. The molecule has 0 saturated heterocycles. The van der Waals surface area contributed by atoms with Crippen molar-refractivity contribution in [2.24, 2.45) is 0 Å². The van der Waals surface area contributed by atoms with Crippen LogP contribution >= 0.6 is 0 Å². The van der Waals surface area contributed by atoms with E-state index in [4.69, 9.17) is 0 Å². The molecule has 1 aromatic rings. The Balaban J connectivity index is 0.00000196. The second-order valence-electron chi connectivity index (χ2n) is 4.66. The van der Waals surface area contributed by atoms with Gasteiger partial charge in [0.15, 0.2) is 0 Å². The number of hydrogen-bond acceptors (Lipinski definition) is 2. The van der Waals surface area contributed by atoms with Crippen LogP contribution in [0.15, 0.2) is 24.3 Å². The quantitative estimate of drug-likeness (QED) is 0.776. The molecule has 15 heavy (non-hydrogen) atoms. The molecular formula is C12H20O3. The molecule has 0 radical (unpaired) electrons. The molecule has 0 aromatic heterocycles. The molecule has 1 aromatic carbocycles. The molecule has 0 fully saturated rings. The van der Waals surface area contributed by atoms with Crippen molar-refractivity contribution >= 4 is 0 Å². The molecule has 0 saturated carbocycles. The van der Waals surface area contributed by atoms with Crippen molar-refractivity contribution in [3.63, 3.8) is 0 Å². The molecule has 0 bridgehead atoms.